The largest absolute Gasteiger partial charge is 0.489 e. The van der Waals surface area contributed by atoms with Gasteiger partial charge in [0.1, 0.15) is 49.4 Å². The SMILES string of the molecule is c1ccc(COc2ccc(OCc3ccccc3)c(-c3ccccc3SOSc3ccccc3-c3cc(OCc4ccccc4)ccc3OCc3ccccc3)c2)cc1. The van der Waals surface area contributed by atoms with Crippen LogP contribution < -0.4 is 18.9 Å². The van der Waals surface area contributed by atoms with Gasteiger partial charge in [-0.05, 0) is 70.8 Å². The quantitative estimate of drug-likeness (QED) is 0.0800. The highest BCUT2D eigenvalue weighted by Crippen LogP contribution is 2.44. The summed E-state index contributed by atoms with van der Waals surface area (Å²) < 4.78 is 31.9. The second kappa shape index (κ2) is 20.4. The second-order valence-electron chi connectivity index (χ2n) is 13.6. The Morgan fingerprint density at radius 3 is 0.983 bits per heavy atom. The van der Waals surface area contributed by atoms with Crippen LogP contribution in [-0.2, 0) is 30.1 Å². The molecule has 292 valence electrons. The first-order valence-electron chi connectivity index (χ1n) is 19.4. The fraction of sp³-hybridized carbons (Fsp3) is 0.0769. The van der Waals surface area contributed by atoms with E-state index in [4.69, 9.17) is 22.6 Å². The van der Waals surface area contributed by atoms with Crippen molar-refractivity contribution in [2.24, 2.45) is 0 Å². The van der Waals surface area contributed by atoms with Crippen molar-refractivity contribution in [3.05, 3.63) is 229 Å². The highest BCUT2D eigenvalue weighted by molar-refractivity contribution is 8.08. The lowest BCUT2D eigenvalue weighted by atomic mass is 10.0. The van der Waals surface area contributed by atoms with Crippen LogP contribution in [0.1, 0.15) is 22.3 Å². The van der Waals surface area contributed by atoms with Gasteiger partial charge in [-0.15, -0.1) is 0 Å². The highest BCUT2D eigenvalue weighted by atomic mass is 32.2. The van der Waals surface area contributed by atoms with Crippen LogP contribution in [0, 0.1) is 0 Å². The normalized spacial score (nSPS) is 10.8. The molecule has 0 N–H and O–H groups in total. The molecule has 0 saturated heterocycles. The lowest BCUT2D eigenvalue weighted by Crippen LogP contribution is -1.99. The summed E-state index contributed by atoms with van der Waals surface area (Å²) in [7, 11) is 0. The fourth-order valence-corrected chi connectivity index (χ4v) is 7.96. The Morgan fingerprint density at radius 1 is 0.288 bits per heavy atom. The fourth-order valence-electron chi connectivity index (χ4n) is 6.44. The van der Waals surface area contributed by atoms with Crippen LogP contribution in [0.15, 0.2) is 216 Å². The molecule has 5 nitrogen and oxygen atoms in total. The average Bonchev–Trinajstić information content (AvgIpc) is 3.31. The molecule has 0 aliphatic heterocycles. The topological polar surface area (TPSA) is 46.2 Å². The van der Waals surface area contributed by atoms with Crippen molar-refractivity contribution in [3.63, 3.8) is 0 Å². The number of ether oxygens (including phenoxy) is 4. The molecular formula is C52H42O5S2. The minimum absolute atomic E-state index is 0.437. The van der Waals surface area contributed by atoms with Gasteiger partial charge in [-0.2, -0.15) is 0 Å². The zero-order valence-electron chi connectivity index (χ0n) is 32.3. The Balaban J connectivity index is 1.04. The Bertz CT molecular complexity index is 2360. The van der Waals surface area contributed by atoms with Gasteiger partial charge in [0.25, 0.3) is 0 Å². The van der Waals surface area contributed by atoms with Gasteiger partial charge in [0.05, 0.1) is 0 Å². The molecule has 0 aliphatic carbocycles. The van der Waals surface area contributed by atoms with Crippen LogP contribution in [0.2, 0.25) is 0 Å². The van der Waals surface area contributed by atoms with Crippen molar-refractivity contribution in [2.45, 2.75) is 36.2 Å². The van der Waals surface area contributed by atoms with Crippen molar-refractivity contribution in [1.29, 1.82) is 0 Å². The molecule has 0 aliphatic rings. The van der Waals surface area contributed by atoms with Gasteiger partial charge in [-0.3, -0.25) is 0 Å². The second-order valence-corrected chi connectivity index (χ2v) is 15.4. The zero-order valence-corrected chi connectivity index (χ0v) is 33.9. The summed E-state index contributed by atoms with van der Waals surface area (Å²) in [6.45, 7) is 1.79. The number of rotatable bonds is 18. The molecule has 0 heterocycles. The Labute approximate surface area is 355 Å². The van der Waals surface area contributed by atoms with Crippen molar-refractivity contribution in [2.75, 3.05) is 0 Å². The lowest BCUT2D eigenvalue weighted by molar-refractivity contribution is 0.298. The summed E-state index contributed by atoms with van der Waals surface area (Å²) in [5.74, 6) is 3.01. The number of hydrogen-bond donors (Lipinski definition) is 0. The minimum Gasteiger partial charge on any atom is -0.489 e. The summed E-state index contributed by atoms with van der Waals surface area (Å²) >= 11 is 2.62. The van der Waals surface area contributed by atoms with Crippen molar-refractivity contribution >= 4 is 24.1 Å². The maximum atomic E-state index is 6.47. The number of benzene rings is 8. The van der Waals surface area contributed by atoms with Crippen LogP contribution in [0.4, 0.5) is 0 Å². The Morgan fingerprint density at radius 2 is 0.610 bits per heavy atom. The molecule has 0 unspecified atom stereocenters. The summed E-state index contributed by atoms with van der Waals surface area (Å²) in [6, 6.07) is 69.1. The molecular weight excluding hydrogens is 769 g/mol. The molecule has 59 heavy (non-hydrogen) atoms. The predicted molar refractivity (Wildman–Crippen MR) is 240 cm³/mol. The standard InChI is InChI=1S/C52H42O5S2/c1-5-17-39(18-6-1)35-53-43-29-31-49(55-37-41-21-9-3-10-22-41)47(33-43)45-25-13-15-27-51(45)58-57-59-52-28-16-14-26-46(52)48-34-44(54-36-40-19-7-2-8-20-40)30-32-50(48)56-38-42-23-11-4-12-24-42/h1-34H,35-38H2. The third kappa shape index (κ3) is 11.0. The van der Waals surface area contributed by atoms with Crippen LogP contribution >= 0.6 is 24.1 Å². The van der Waals surface area contributed by atoms with Gasteiger partial charge in [0.15, 0.2) is 0 Å². The predicted octanol–water partition coefficient (Wildman–Crippen LogP) is 14.1. The van der Waals surface area contributed by atoms with E-state index in [1.54, 1.807) is 0 Å². The van der Waals surface area contributed by atoms with E-state index in [9.17, 15) is 0 Å². The van der Waals surface area contributed by atoms with Crippen molar-refractivity contribution in [1.82, 2.24) is 0 Å². The molecule has 0 spiro atoms. The van der Waals surface area contributed by atoms with Gasteiger partial charge in [0, 0.05) is 56.1 Å². The van der Waals surface area contributed by atoms with E-state index in [2.05, 4.69) is 84.9 Å². The van der Waals surface area contributed by atoms with E-state index in [0.717, 1.165) is 77.3 Å². The monoisotopic (exact) mass is 810 g/mol. The van der Waals surface area contributed by atoms with Crippen LogP contribution in [0.5, 0.6) is 23.0 Å². The van der Waals surface area contributed by atoms with Crippen LogP contribution in [0.25, 0.3) is 22.3 Å². The minimum atomic E-state index is 0.437. The molecule has 0 fully saturated rings. The summed E-state index contributed by atoms with van der Waals surface area (Å²) in [6.07, 6.45) is 0. The van der Waals surface area contributed by atoms with Gasteiger partial charge in [0.2, 0.25) is 0 Å². The van der Waals surface area contributed by atoms with E-state index in [0.29, 0.717) is 26.4 Å². The third-order valence-electron chi connectivity index (χ3n) is 9.48. The summed E-state index contributed by atoms with van der Waals surface area (Å²) in [5.41, 5.74) is 8.14. The molecule has 0 amide bonds. The third-order valence-corrected chi connectivity index (χ3v) is 11.1. The molecule has 0 radical (unpaired) electrons. The molecule has 8 aromatic carbocycles. The molecule has 0 aromatic heterocycles. The van der Waals surface area contributed by atoms with E-state index in [1.165, 1.54) is 24.1 Å². The lowest BCUT2D eigenvalue weighted by Gasteiger charge is -2.17. The Kier molecular flexibility index (Phi) is 13.6. The first kappa shape index (κ1) is 39.4. The van der Waals surface area contributed by atoms with Gasteiger partial charge < -0.3 is 18.9 Å². The Hall–Kier alpha value is -6.38. The van der Waals surface area contributed by atoms with Crippen molar-refractivity contribution < 1.29 is 22.6 Å². The summed E-state index contributed by atoms with van der Waals surface area (Å²) in [4.78, 5) is 1.87. The number of hydrogen-bond acceptors (Lipinski definition) is 7. The van der Waals surface area contributed by atoms with Gasteiger partial charge >= 0.3 is 0 Å². The van der Waals surface area contributed by atoms with E-state index < -0.39 is 0 Å². The van der Waals surface area contributed by atoms with Crippen LogP contribution in [0.3, 0.4) is 0 Å². The van der Waals surface area contributed by atoms with E-state index >= 15 is 0 Å². The maximum Gasteiger partial charge on any atom is 0.127 e. The molecule has 0 bridgehead atoms. The highest BCUT2D eigenvalue weighted by Gasteiger charge is 2.17. The summed E-state index contributed by atoms with van der Waals surface area (Å²) in [5, 5.41) is 0. The van der Waals surface area contributed by atoms with Crippen molar-refractivity contribution in [3.8, 4) is 45.3 Å². The average molecular weight is 811 g/mol. The zero-order chi connectivity index (χ0) is 39.9. The molecule has 8 rings (SSSR count). The van der Waals surface area contributed by atoms with Gasteiger partial charge in [-0.1, -0.05) is 158 Å². The molecule has 7 heteroatoms. The first-order chi connectivity index (χ1) is 29.2. The van der Waals surface area contributed by atoms with E-state index in [1.807, 2.05) is 121 Å². The first-order valence-corrected chi connectivity index (χ1v) is 20.9. The van der Waals surface area contributed by atoms with Gasteiger partial charge in [-0.25, -0.2) is 3.63 Å². The molecule has 8 aromatic rings. The molecule has 0 saturated carbocycles. The smallest absolute Gasteiger partial charge is 0.127 e. The maximum absolute atomic E-state index is 6.47. The molecule has 0 atom stereocenters. The van der Waals surface area contributed by atoms with E-state index in [-0.39, 0.29) is 0 Å². The van der Waals surface area contributed by atoms with Crippen LogP contribution in [-0.4, -0.2) is 0 Å².